The van der Waals surface area contributed by atoms with Gasteiger partial charge in [-0.2, -0.15) is 0 Å². The number of nitrogens with one attached hydrogen (secondary N) is 2. The van der Waals surface area contributed by atoms with E-state index in [1.165, 1.54) is 37.4 Å². The SMILES string of the molecule is CNC(=O)c1c(-c2ccc(F)cc2)oc2cc(NS(=O)(=O)CCCc3ccc(Br)c(F)c3)c(C3CC3)cc12. The molecule has 38 heavy (non-hydrogen) atoms. The highest BCUT2D eigenvalue weighted by molar-refractivity contribution is 9.10. The van der Waals surface area contributed by atoms with E-state index < -0.39 is 15.8 Å². The van der Waals surface area contributed by atoms with Crippen LogP contribution in [-0.2, 0) is 16.4 Å². The Bertz CT molecular complexity index is 1630. The maximum atomic E-state index is 13.8. The fourth-order valence-electron chi connectivity index (χ4n) is 4.52. The van der Waals surface area contributed by atoms with E-state index in [-0.39, 0.29) is 29.2 Å². The Hall–Kier alpha value is -3.24. The fraction of sp³-hybridized carbons (Fsp3) is 0.250. The number of aryl methyl sites for hydroxylation is 1. The zero-order chi connectivity index (χ0) is 27.0. The summed E-state index contributed by atoms with van der Waals surface area (Å²) in [5.74, 6) is -0.852. The molecule has 1 amide bonds. The van der Waals surface area contributed by atoms with Crippen LogP contribution in [0.1, 0.15) is 46.7 Å². The van der Waals surface area contributed by atoms with Gasteiger partial charge in [0.2, 0.25) is 10.0 Å². The van der Waals surface area contributed by atoms with Crippen LogP contribution in [0.4, 0.5) is 14.5 Å². The Balaban J connectivity index is 1.46. The van der Waals surface area contributed by atoms with Gasteiger partial charge in [0.25, 0.3) is 5.91 Å². The maximum absolute atomic E-state index is 13.8. The number of hydrogen-bond donors (Lipinski definition) is 2. The van der Waals surface area contributed by atoms with Crippen molar-refractivity contribution in [2.45, 2.75) is 31.6 Å². The number of hydrogen-bond acceptors (Lipinski definition) is 4. The molecule has 0 unspecified atom stereocenters. The smallest absolute Gasteiger partial charge is 0.255 e. The van der Waals surface area contributed by atoms with E-state index in [1.54, 1.807) is 18.2 Å². The molecule has 1 aliphatic carbocycles. The summed E-state index contributed by atoms with van der Waals surface area (Å²) in [4.78, 5) is 12.9. The Kier molecular flexibility index (Phi) is 7.28. The van der Waals surface area contributed by atoms with Gasteiger partial charge < -0.3 is 9.73 Å². The second-order valence-electron chi connectivity index (χ2n) is 9.38. The number of sulfonamides is 1. The molecule has 0 radical (unpaired) electrons. The normalized spacial score (nSPS) is 13.6. The summed E-state index contributed by atoms with van der Waals surface area (Å²) in [6, 6.07) is 13.8. The summed E-state index contributed by atoms with van der Waals surface area (Å²) in [5, 5.41) is 3.19. The highest BCUT2D eigenvalue weighted by atomic mass is 79.9. The van der Waals surface area contributed by atoms with E-state index in [2.05, 4.69) is 26.0 Å². The summed E-state index contributed by atoms with van der Waals surface area (Å²) >= 11 is 3.12. The molecule has 1 saturated carbocycles. The molecule has 0 bridgehead atoms. The highest BCUT2D eigenvalue weighted by Crippen LogP contribution is 2.46. The minimum atomic E-state index is -3.72. The van der Waals surface area contributed by atoms with Crippen molar-refractivity contribution in [2.24, 2.45) is 0 Å². The average molecular weight is 603 g/mol. The van der Waals surface area contributed by atoms with Gasteiger partial charge in [-0.3, -0.25) is 9.52 Å². The number of anilines is 1. The van der Waals surface area contributed by atoms with Gasteiger partial charge in [0.1, 0.15) is 23.0 Å². The van der Waals surface area contributed by atoms with Gasteiger partial charge in [-0.15, -0.1) is 0 Å². The molecule has 1 heterocycles. The van der Waals surface area contributed by atoms with E-state index in [4.69, 9.17) is 4.42 Å². The maximum Gasteiger partial charge on any atom is 0.255 e. The van der Waals surface area contributed by atoms with E-state index >= 15 is 0 Å². The van der Waals surface area contributed by atoms with Gasteiger partial charge in [-0.25, -0.2) is 17.2 Å². The molecule has 0 spiro atoms. The average Bonchev–Trinajstić information content (AvgIpc) is 3.66. The molecule has 2 N–H and O–H groups in total. The van der Waals surface area contributed by atoms with Gasteiger partial charge in [0.15, 0.2) is 0 Å². The minimum Gasteiger partial charge on any atom is -0.455 e. The van der Waals surface area contributed by atoms with E-state index in [0.717, 1.165) is 18.4 Å². The number of carbonyl (C=O) groups is 1. The minimum absolute atomic E-state index is 0.144. The quantitative estimate of drug-likeness (QED) is 0.222. The van der Waals surface area contributed by atoms with Crippen LogP contribution in [0.5, 0.6) is 0 Å². The topological polar surface area (TPSA) is 88.4 Å². The molecule has 6 nitrogen and oxygen atoms in total. The van der Waals surface area contributed by atoms with Gasteiger partial charge >= 0.3 is 0 Å². The molecule has 0 atom stereocenters. The lowest BCUT2D eigenvalue weighted by Gasteiger charge is -2.13. The number of halogens is 3. The highest BCUT2D eigenvalue weighted by Gasteiger charge is 2.30. The van der Waals surface area contributed by atoms with Crippen molar-refractivity contribution < 1.29 is 26.4 Å². The van der Waals surface area contributed by atoms with Crippen LogP contribution in [0.2, 0.25) is 0 Å². The van der Waals surface area contributed by atoms with Crippen LogP contribution in [0.25, 0.3) is 22.3 Å². The number of benzene rings is 3. The molecule has 5 rings (SSSR count). The van der Waals surface area contributed by atoms with Crippen molar-refractivity contribution in [1.82, 2.24) is 5.32 Å². The molecule has 1 fully saturated rings. The molecule has 10 heteroatoms. The molecule has 1 aliphatic rings. The Morgan fingerprint density at radius 3 is 2.47 bits per heavy atom. The third-order valence-corrected chi connectivity index (χ3v) is 8.57. The Morgan fingerprint density at radius 1 is 1.08 bits per heavy atom. The first-order valence-corrected chi connectivity index (χ1v) is 14.6. The standard InChI is InChI=1S/C28H25BrF2N2O4S/c1-32-28(34)26-21-14-20(17-5-6-17)24(15-25(21)37-27(26)18-7-9-19(30)10-8-18)33-38(35,36)12-2-3-16-4-11-22(29)23(31)13-16/h4,7-11,13-15,17,33H,2-3,5-6,12H2,1H3,(H,32,34). The number of fused-ring (bicyclic) bond motifs is 1. The molecular formula is C28H25BrF2N2O4S. The fourth-order valence-corrected chi connectivity index (χ4v) is 5.90. The van der Waals surface area contributed by atoms with Crippen LogP contribution < -0.4 is 10.0 Å². The van der Waals surface area contributed by atoms with Crippen molar-refractivity contribution in [1.29, 1.82) is 0 Å². The first-order valence-electron chi connectivity index (χ1n) is 12.2. The summed E-state index contributed by atoms with van der Waals surface area (Å²) in [7, 11) is -2.20. The second-order valence-corrected chi connectivity index (χ2v) is 12.1. The molecule has 4 aromatic rings. The molecule has 0 saturated heterocycles. The monoisotopic (exact) mass is 602 g/mol. The van der Waals surface area contributed by atoms with Crippen LogP contribution in [0, 0.1) is 11.6 Å². The van der Waals surface area contributed by atoms with Gasteiger partial charge in [-0.05, 0) is 101 Å². The summed E-state index contributed by atoms with van der Waals surface area (Å²) < 4.78 is 62.4. The van der Waals surface area contributed by atoms with Crippen molar-refractivity contribution in [3.05, 3.63) is 87.4 Å². The number of amides is 1. The van der Waals surface area contributed by atoms with Crippen LogP contribution >= 0.6 is 15.9 Å². The lowest BCUT2D eigenvalue weighted by molar-refractivity contribution is 0.0964. The van der Waals surface area contributed by atoms with Crippen LogP contribution in [0.3, 0.4) is 0 Å². The first kappa shape index (κ1) is 26.4. The van der Waals surface area contributed by atoms with Gasteiger partial charge in [-0.1, -0.05) is 6.07 Å². The lowest BCUT2D eigenvalue weighted by atomic mass is 10.0. The summed E-state index contributed by atoms with van der Waals surface area (Å²) in [6.07, 6.45) is 2.54. The van der Waals surface area contributed by atoms with E-state index in [0.29, 0.717) is 50.7 Å². The van der Waals surface area contributed by atoms with Gasteiger partial charge in [0.05, 0.1) is 21.5 Å². The first-order chi connectivity index (χ1) is 18.1. The van der Waals surface area contributed by atoms with Crippen molar-refractivity contribution >= 4 is 48.5 Å². The third kappa shape index (κ3) is 5.61. The Morgan fingerprint density at radius 2 is 1.82 bits per heavy atom. The number of carbonyl (C=O) groups excluding carboxylic acids is 1. The predicted molar refractivity (Wildman–Crippen MR) is 147 cm³/mol. The third-order valence-electron chi connectivity index (χ3n) is 6.57. The number of furan rings is 1. The van der Waals surface area contributed by atoms with E-state index in [9.17, 15) is 22.0 Å². The van der Waals surface area contributed by atoms with Crippen molar-refractivity contribution in [2.75, 3.05) is 17.5 Å². The molecular weight excluding hydrogens is 578 g/mol. The zero-order valence-electron chi connectivity index (χ0n) is 20.5. The largest absolute Gasteiger partial charge is 0.455 e. The number of rotatable bonds is 9. The van der Waals surface area contributed by atoms with Crippen LogP contribution in [0.15, 0.2) is 63.5 Å². The predicted octanol–water partition coefficient (Wildman–Crippen LogP) is 6.75. The molecule has 0 aliphatic heterocycles. The summed E-state index contributed by atoms with van der Waals surface area (Å²) in [6.45, 7) is 0. The van der Waals surface area contributed by atoms with Crippen LogP contribution in [-0.4, -0.2) is 27.1 Å². The van der Waals surface area contributed by atoms with E-state index in [1.807, 2.05) is 6.07 Å². The lowest BCUT2D eigenvalue weighted by Crippen LogP contribution is -2.19. The zero-order valence-corrected chi connectivity index (χ0v) is 22.9. The van der Waals surface area contributed by atoms with Crippen molar-refractivity contribution in [3.63, 3.8) is 0 Å². The molecule has 198 valence electrons. The van der Waals surface area contributed by atoms with Crippen molar-refractivity contribution in [3.8, 4) is 11.3 Å². The Labute approximate surface area is 227 Å². The van der Waals surface area contributed by atoms with Gasteiger partial charge in [0, 0.05) is 24.1 Å². The molecule has 1 aromatic heterocycles. The second kappa shape index (κ2) is 10.5. The molecule has 3 aromatic carbocycles. The summed E-state index contributed by atoms with van der Waals surface area (Å²) in [5.41, 5.74) is 3.11.